The lowest BCUT2D eigenvalue weighted by Gasteiger charge is -2.10. The molecule has 0 heterocycles. The Bertz CT molecular complexity index is 171. The predicted molar refractivity (Wildman–Crippen MR) is 55.5 cm³/mol. The average molecular weight is 351 g/mol. The Labute approximate surface area is 90.4 Å². The Morgan fingerprint density at radius 3 is 2.18 bits per heavy atom. The molecule has 0 rings (SSSR count). The molecule has 0 radical (unpaired) electrons. The van der Waals surface area contributed by atoms with Crippen LogP contribution >= 0.6 is 47.8 Å². The molecule has 0 aromatic carbocycles. The highest BCUT2D eigenvalue weighted by molar-refractivity contribution is 9.39. The summed E-state index contributed by atoms with van der Waals surface area (Å²) in [6.07, 6.45) is 1.06. The minimum atomic E-state index is -0.943. The van der Waals surface area contributed by atoms with E-state index < -0.39 is 5.97 Å². The molecular formula is C6H7Br3O2. The van der Waals surface area contributed by atoms with Crippen LogP contribution in [0.1, 0.15) is 12.8 Å². The second-order valence-electron chi connectivity index (χ2n) is 2.02. The van der Waals surface area contributed by atoms with Gasteiger partial charge in [-0.2, -0.15) is 0 Å². The second-order valence-corrected chi connectivity index (χ2v) is 9.28. The lowest BCUT2D eigenvalue weighted by molar-refractivity contribution is -0.132. The molecule has 0 aromatic heterocycles. The summed E-state index contributed by atoms with van der Waals surface area (Å²) in [6.45, 7) is 3.40. The van der Waals surface area contributed by atoms with Gasteiger partial charge in [-0.05, 0) is 12.8 Å². The maximum absolute atomic E-state index is 10.3. The summed E-state index contributed by atoms with van der Waals surface area (Å²) in [7, 11) is 0. The van der Waals surface area contributed by atoms with E-state index in [2.05, 4.69) is 54.4 Å². The Hall–Kier alpha value is 0.650. The molecule has 0 saturated heterocycles. The summed E-state index contributed by atoms with van der Waals surface area (Å²) in [5.41, 5.74) is 0.215. The molecule has 0 unspecified atom stereocenters. The molecule has 0 aromatic rings. The third kappa shape index (κ3) is 7.03. The van der Waals surface area contributed by atoms with Gasteiger partial charge in [0.2, 0.25) is 0 Å². The van der Waals surface area contributed by atoms with Crippen LogP contribution in [0.15, 0.2) is 12.2 Å². The molecular weight excluding hydrogens is 344 g/mol. The van der Waals surface area contributed by atoms with Crippen LogP contribution in [0, 0.1) is 0 Å². The Balaban J connectivity index is 3.73. The van der Waals surface area contributed by atoms with Crippen molar-refractivity contribution >= 4 is 53.8 Å². The second kappa shape index (κ2) is 4.62. The van der Waals surface area contributed by atoms with Crippen molar-refractivity contribution < 1.29 is 9.90 Å². The van der Waals surface area contributed by atoms with Gasteiger partial charge in [0.25, 0.3) is 0 Å². The van der Waals surface area contributed by atoms with Crippen molar-refractivity contribution in [2.75, 3.05) is 0 Å². The van der Waals surface area contributed by atoms with Gasteiger partial charge in [0.1, 0.15) is 2.14 Å². The lowest BCUT2D eigenvalue weighted by atomic mass is 10.2. The van der Waals surface area contributed by atoms with Crippen LogP contribution in [0.4, 0.5) is 0 Å². The van der Waals surface area contributed by atoms with Gasteiger partial charge in [-0.15, -0.1) is 0 Å². The molecule has 64 valence electrons. The van der Waals surface area contributed by atoms with E-state index in [0.717, 1.165) is 0 Å². The fraction of sp³-hybridized carbons (Fsp3) is 0.500. The first-order valence-electron chi connectivity index (χ1n) is 2.81. The highest BCUT2D eigenvalue weighted by Crippen LogP contribution is 2.38. The third-order valence-corrected chi connectivity index (χ3v) is 2.20. The van der Waals surface area contributed by atoms with Crippen molar-refractivity contribution in [3.63, 3.8) is 0 Å². The summed E-state index contributed by atoms with van der Waals surface area (Å²) < 4.78 is -0.370. The number of hydrogen-bond donors (Lipinski definition) is 1. The highest BCUT2D eigenvalue weighted by atomic mass is 80.0. The van der Waals surface area contributed by atoms with Crippen LogP contribution in [0.3, 0.4) is 0 Å². The molecule has 0 bridgehead atoms. The molecule has 0 atom stereocenters. The Morgan fingerprint density at radius 2 is 1.91 bits per heavy atom. The zero-order valence-corrected chi connectivity index (χ0v) is 10.4. The van der Waals surface area contributed by atoms with Crippen molar-refractivity contribution in [1.29, 1.82) is 0 Å². The fourth-order valence-corrected chi connectivity index (χ4v) is 0.994. The van der Waals surface area contributed by atoms with Gasteiger partial charge < -0.3 is 5.11 Å². The van der Waals surface area contributed by atoms with Gasteiger partial charge in [-0.3, -0.25) is 0 Å². The molecule has 0 saturated carbocycles. The molecule has 0 amide bonds. The van der Waals surface area contributed by atoms with Crippen LogP contribution in [0.25, 0.3) is 0 Å². The number of aliphatic carboxylic acids is 1. The maximum atomic E-state index is 10.3. The molecule has 0 fully saturated rings. The van der Waals surface area contributed by atoms with Gasteiger partial charge in [0.05, 0.1) is 0 Å². The summed E-state index contributed by atoms with van der Waals surface area (Å²) in [6, 6.07) is 0. The summed E-state index contributed by atoms with van der Waals surface area (Å²) in [4.78, 5) is 10.3. The minimum Gasteiger partial charge on any atom is -0.478 e. The average Bonchev–Trinajstić information content (AvgIpc) is 1.80. The largest absolute Gasteiger partial charge is 0.478 e. The lowest BCUT2D eigenvalue weighted by Crippen LogP contribution is -2.04. The smallest absolute Gasteiger partial charge is 0.330 e. The summed E-state index contributed by atoms with van der Waals surface area (Å²) >= 11 is 9.77. The van der Waals surface area contributed by atoms with Crippen molar-refractivity contribution in [1.82, 2.24) is 0 Å². The zero-order valence-electron chi connectivity index (χ0n) is 5.61. The topological polar surface area (TPSA) is 37.3 Å². The minimum absolute atomic E-state index is 0.215. The van der Waals surface area contributed by atoms with Crippen molar-refractivity contribution in [2.45, 2.75) is 15.0 Å². The van der Waals surface area contributed by atoms with E-state index in [-0.39, 0.29) is 7.72 Å². The van der Waals surface area contributed by atoms with Crippen LogP contribution in [0.5, 0.6) is 0 Å². The molecule has 1 N–H and O–H groups in total. The molecule has 0 aliphatic rings. The molecule has 5 heteroatoms. The van der Waals surface area contributed by atoms with Gasteiger partial charge in [0, 0.05) is 5.57 Å². The Morgan fingerprint density at radius 1 is 1.45 bits per heavy atom. The Kier molecular flexibility index (Phi) is 4.89. The number of hydrogen-bond acceptors (Lipinski definition) is 1. The number of alkyl halides is 3. The number of carbonyl (C=O) groups is 1. The van der Waals surface area contributed by atoms with Crippen LogP contribution in [-0.4, -0.2) is 13.2 Å². The van der Waals surface area contributed by atoms with E-state index in [0.29, 0.717) is 12.8 Å². The number of carboxylic acid groups (broad SMARTS) is 1. The maximum Gasteiger partial charge on any atom is 0.330 e. The van der Waals surface area contributed by atoms with Gasteiger partial charge in [-0.25, -0.2) is 4.79 Å². The SMILES string of the molecule is C=C(CCC(Br)(Br)Br)C(=O)O. The third-order valence-electron chi connectivity index (χ3n) is 1.01. The van der Waals surface area contributed by atoms with Crippen LogP contribution < -0.4 is 0 Å². The van der Waals surface area contributed by atoms with Crippen LogP contribution in [-0.2, 0) is 4.79 Å². The summed E-state index contributed by atoms with van der Waals surface area (Å²) in [5, 5.41) is 8.43. The van der Waals surface area contributed by atoms with Crippen molar-refractivity contribution in [2.24, 2.45) is 0 Å². The monoisotopic (exact) mass is 348 g/mol. The van der Waals surface area contributed by atoms with E-state index >= 15 is 0 Å². The predicted octanol–water partition coefficient (Wildman–Crippen LogP) is 3.25. The number of rotatable bonds is 3. The van der Waals surface area contributed by atoms with Crippen molar-refractivity contribution in [3.8, 4) is 0 Å². The first-order chi connectivity index (χ1) is 4.83. The van der Waals surface area contributed by atoms with Gasteiger partial charge in [-0.1, -0.05) is 54.4 Å². The van der Waals surface area contributed by atoms with Gasteiger partial charge >= 0.3 is 5.97 Å². The van der Waals surface area contributed by atoms with Gasteiger partial charge in [0.15, 0.2) is 0 Å². The molecule has 0 aliphatic heterocycles. The first kappa shape index (κ1) is 11.6. The van der Waals surface area contributed by atoms with E-state index in [1.165, 1.54) is 0 Å². The zero-order chi connectivity index (χ0) is 9.07. The quantitative estimate of drug-likeness (QED) is 0.626. The highest BCUT2D eigenvalue weighted by Gasteiger charge is 2.18. The van der Waals surface area contributed by atoms with Crippen LogP contribution in [0.2, 0.25) is 0 Å². The molecule has 0 aliphatic carbocycles. The number of carboxylic acids is 1. The standard InChI is InChI=1S/C6H7Br3O2/c1-4(5(10)11)2-3-6(7,8)9/h1-3H2,(H,10,11). The molecule has 2 nitrogen and oxygen atoms in total. The number of halogens is 3. The van der Waals surface area contributed by atoms with Crippen molar-refractivity contribution in [3.05, 3.63) is 12.2 Å². The first-order valence-corrected chi connectivity index (χ1v) is 5.18. The normalized spacial score (nSPS) is 11.2. The summed E-state index contributed by atoms with van der Waals surface area (Å²) in [5.74, 6) is -0.943. The van der Waals surface area contributed by atoms with E-state index in [9.17, 15) is 4.79 Å². The molecule has 11 heavy (non-hydrogen) atoms. The molecule has 0 spiro atoms. The van der Waals surface area contributed by atoms with E-state index in [4.69, 9.17) is 5.11 Å². The van der Waals surface area contributed by atoms with E-state index in [1.807, 2.05) is 0 Å². The fourth-order valence-electron chi connectivity index (χ4n) is 0.400. The van der Waals surface area contributed by atoms with E-state index in [1.54, 1.807) is 0 Å².